The van der Waals surface area contributed by atoms with Crippen LogP contribution in [0, 0.1) is 11.6 Å². The number of aromatic amines is 1. The van der Waals surface area contributed by atoms with E-state index in [1.165, 1.54) is 12.1 Å². The van der Waals surface area contributed by atoms with Crippen LogP contribution in [0.4, 0.5) is 8.78 Å². The number of carbonyl (C=O) groups excluding carboxylic acids is 2. The van der Waals surface area contributed by atoms with Crippen molar-refractivity contribution < 1.29 is 23.1 Å². The molecular weight excluding hydrogens is 405 g/mol. The summed E-state index contributed by atoms with van der Waals surface area (Å²) < 4.78 is 32.8. The molecule has 0 saturated carbocycles. The molecule has 0 atom stereocenters. The van der Waals surface area contributed by atoms with E-state index in [1.54, 1.807) is 0 Å². The smallest absolute Gasteiger partial charge is 0.349 e. The molecule has 0 spiro atoms. The van der Waals surface area contributed by atoms with Crippen molar-refractivity contribution in [2.24, 2.45) is 5.73 Å². The van der Waals surface area contributed by atoms with Crippen LogP contribution in [-0.4, -0.2) is 27.3 Å². The molecule has 1 amide bonds. The molecule has 0 fully saturated rings. The van der Waals surface area contributed by atoms with Crippen LogP contribution in [0.15, 0.2) is 30.3 Å². The largest absolute Gasteiger partial charge is 0.420 e. The first kappa shape index (κ1) is 18.7. The molecule has 0 aliphatic rings. The fourth-order valence-corrected chi connectivity index (χ4v) is 2.80. The van der Waals surface area contributed by atoms with Crippen molar-refractivity contribution in [2.75, 3.05) is 0 Å². The van der Waals surface area contributed by atoms with Gasteiger partial charge in [0.25, 0.3) is 5.91 Å². The minimum atomic E-state index is -1.35. The highest BCUT2D eigenvalue weighted by Gasteiger charge is 2.26. The standard InChI is InChI=1S/C16H8Cl2F2N4O3/c17-6-4-7(12-13(15(21)25)23-24-22-12)14(8(18)5-6)27-16(26)11-9(19)2-1-3-10(11)20/h1-5H,(H2,21,25)(H,22,23,24). The van der Waals surface area contributed by atoms with Crippen molar-refractivity contribution in [3.63, 3.8) is 0 Å². The van der Waals surface area contributed by atoms with E-state index in [0.29, 0.717) is 0 Å². The fraction of sp³-hybridized carbons (Fsp3) is 0. The summed E-state index contributed by atoms with van der Waals surface area (Å²) in [5, 5.41) is 9.52. The zero-order valence-electron chi connectivity index (χ0n) is 13.1. The number of aromatic nitrogens is 3. The zero-order valence-corrected chi connectivity index (χ0v) is 14.6. The van der Waals surface area contributed by atoms with Crippen molar-refractivity contribution in [1.82, 2.24) is 15.4 Å². The number of nitrogens with zero attached hydrogens (tertiary/aromatic N) is 2. The van der Waals surface area contributed by atoms with Gasteiger partial charge in [0.2, 0.25) is 0 Å². The quantitative estimate of drug-likeness (QED) is 0.503. The van der Waals surface area contributed by atoms with Crippen LogP contribution in [0.25, 0.3) is 11.3 Å². The number of hydrogen-bond acceptors (Lipinski definition) is 5. The summed E-state index contributed by atoms with van der Waals surface area (Å²) in [6.45, 7) is 0. The summed E-state index contributed by atoms with van der Waals surface area (Å²) in [7, 11) is 0. The third-order valence-corrected chi connectivity index (χ3v) is 3.91. The fourth-order valence-electron chi connectivity index (χ4n) is 2.27. The third kappa shape index (κ3) is 3.60. The van der Waals surface area contributed by atoms with Gasteiger partial charge in [-0.2, -0.15) is 15.4 Å². The summed E-state index contributed by atoms with van der Waals surface area (Å²) >= 11 is 12.0. The molecule has 11 heteroatoms. The van der Waals surface area contributed by atoms with Crippen LogP contribution < -0.4 is 10.5 Å². The van der Waals surface area contributed by atoms with Crippen molar-refractivity contribution in [3.05, 3.63) is 63.3 Å². The molecule has 0 aliphatic heterocycles. The van der Waals surface area contributed by atoms with Gasteiger partial charge in [-0.3, -0.25) is 4.79 Å². The molecule has 3 aromatic rings. The monoisotopic (exact) mass is 412 g/mol. The summed E-state index contributed by atoms with van der Waals surface area (Å²) in [5.41, 5.74) is 3.90. The number of H-pyrrole nitrogens is 1. The normalized spacial score (nSPS) is 10.7. The van der Waals surface area contributed by atoms with E-state index in [-0.39, 0.29) is 32.7 Å². The number of carbonyl (C=O) groups is 2. The first-order chi connectivity index (χ1) is 12.8. The number of benzene rings is 2. The molecule has 3 N–H and O–H groups in total. The maximum atomic E-state index is 13.8. The second-order valence-corrected chi connectivity index (χ2v) is 5.98. The summed E-state index contributed by atoms with van der Waals surface area (Å²) in [5.74, 6) is -4.84. The molecule has 138 valence electrons. The van der Waals surface area contributed by atoms with E-state index in [4.69, 9.17) is 33.7 Å². The van der Waals surface area contributed by atoms with Crippen LogP contribution >= 0.6 is 23.2 Å². The van der Waals surface area contributed by atoms with E-state index in [2.05, 4.69) is 15.4 Å². The van der Waals surface area contributed by atoms with Gasteiger partial charge in [0, 0.05) is 5.02 Å². The summed E-state index contributed by atoms with van der Waals surface area (Å²) in [6.07, 6.45) is 0. The first-order valence-corrected chi connectivity index (χ1v) is 7.91. The molecular formula is C16H8Cl2F2N4O3. The molecule has 2 aromatic carbocycles. The lowest BCUT2D eigenvalue weighted by molar-refractivity contribution is 0.0725. The Hall–Kier alpha value is -3.04. The number of nitrogens with two attached hydrogens (primary N) is 1. The molecule has 1 aromatic heterocycles. The molecule has 0 aliphatic carbocycles. The van der Waals surface area contributed by atoms with Gasteiger partial charge in [-0.15, -0.1) is 0 Å². The van der Waals surface area contributed by atoms with Crippen LogP contribution in [-0.2, 0) is 0 Å². The van der Waals surface area contributed by atoms with E-state index in [0.717, 1.165) is 18.2 Å². The van der Waals surface area contributed by atoms with Crippen LogP contribution in [0.5, 0.6) is 5.75 Å². The number of nitrogens with one attached hydrogen (secondary N) is 1. The molecule has 27 heavy (non-hydrogen) atoms. The Balaban J connectivity index is 2.12. The van der Waals surface area contributed by atoms with Gasteiger partial charge in [-0.1, -0.05) is 29.3 Å². The number of amides is 1. The van der Waals surface area contributed by atoms with Crippen LogP contribution in [0.3, 0.4) is 0 Å². The Morgan fingerprint density at radius 3 is 2.41 bits per heavy atom. The van der Waals surface area contributed by atoms with E-state index in [9.17, 15) is 18.4 Å². The van der Waals surface area contributed by atoms with Gasteiger partial charge in [0.1, 0.15) is 22.9 Å². The number of hydrogen-bond donors (Lipinski definition) is 2. The second-order valence-electron chi connectivity index (χ2n) is 5.14. The van der Waals surface area contributed by atoms with Crippen LogP contribution in [0.2, 0.25) is 10.0 Å². The second kappa shape index (κ2) is 7.29. The molecule has 0 saturated heterocycles. The lowest BCUT2D eigenvalue weighted by Crippen LogP contribution is -2.15. The number of rotatable bonds is 4. The molecule has 3 rings (SSSR count). The van der Waals surface area contributed by atoms with Gasteiger partial charge in [0.15, 0.2) is 11.4 Å². The highest BCUT2D eigenvalue weighted by atomic mass is 35.5. The lowest BCUT2D eigenvalue weighted by atomic mass is 10.1. The Labute approximate surface area is 160 Å². The zero-order chi connectivity index (χ0) is 19.7. The summed E-state index contributed by atoms with van der Waals surface area (Å²) in [4.78, 5) is 23.8. The average molecular weight is 413 g/mol. The van der Waals surface area contributed by atoms with E-state index in [1.807, 2.05) is 0 Å². The Bertz CT molecular complexity index is 1050. The average Bonchev–Trinajstić information content (AvgIpc) is 3.06. The minimum Gasteiger partial charge on any atom is -0.420 e. The number of primary amides is 1. The summed E-state index contributed by atoms with van der Waals surface area (Å²) in [6, 6.07) is 5.39. The highest BCUT2D eigenvalue weighted by Crippen LogP contribution is 2.39. The van der Waals surface area contributed by atoms with Gasteiger partial charge in [-0.25, -0.2) is 13.6 Å². The predicted molar refractivity (Wildman–Crippen MR) is 91.7 cm³/mol. The third-order valence-electron chi connectivity index (χ3n) is 3.41. The van der Waals surface area contributed by atoms with Crippen molar-refractivity contribution in [1.29, 1.82) is 0 Å². The Morgan fingerprint density at radius 1 is 1.11 bits per heavy atom. The number of halogens is 4. The molecule has 0 unspecified atom stereocenters. The van der Waals surface area contributed by atoms with Crippen LogP contribution in [0.1, 0.15) is 20.8 Å². The number of esters is 1. The van der Waals surface area contributed by atoms with Crippen molar-refractivity contribution in [3.8, 4) is 17.0 Å². The van der Waals surface area contributed by atoms with Crippen molar-refractivity contribution in [2.45, 2.75) is 0 Å². The van der Waals surface area contributed by atoms with E-state index < -0.39 is 29.1 Å². The first-order valence-electron chi connectivity index (χ1n) is 7.15. The predicted octanol–water partition coefficient (Wildman–Crippen LogP) is 3.37. The Kier molecular flexibility index (Phi) is 5.06. The van der Waals surface area contributed by atoms with Gasteiger partial charge >= 0.3 is 5.97 Å². The maximum Gasteiger partial charge on any atom is 0.349 e. The maximum absolute atomic E-state index is 13.8. The number of ether oxygens (including phenoxy) is 1. The highest BCUT2D eigenvalue weighted by molar-refractivity contribution is 6.36. The molecule has 7 nitrogen and oxygen atoms in total. The SMILES string of the molecule is NC(=O)c1n[nH]nc1-c1cc(Cl)cc(Cl)c1OC(=O)c1c(F)cccc1F. The topological polar surface area (TPSA) is 111 Å². The molecule has 0 bridgehead atoms. The van der Waals surface area contributed by atoms with E-state index >= 15 is 0 Å². The van der Waals surface area contributed by atoms with Crippen molar-refractivity contribution >= 4 is 35.1 Å². The van der Waals surface area contributed by atoms with Gasteiger partial charge in [-0.05, 0) is 24.3 Å². The minimum absolute atomic E-state index is 0.0276. The van der Waals surface area contributed by atoms with Gasteiger partial charge < -0.3 is 10.5 Å². The van der Waals surface area contributed by atoms with Gasteiger partial charge in [0.05, 0.1) is 10.6 Å². The lowest BCUT2D eigenvalue weighted by Gasteiger charge is -2.12. The molecule has 1 heterocycles. The Morgan fingerprint density at radius 2 is 1.78 bits per heavy atom. The molecule has 0 radical (unpaired) electrons.